The first-order valence-corrected chi connectivity index (χ1v) is 10.8. The first-order chi connectivity index (χ1) is 15.7. The first-order valence-electron chi connectivity index (χ1n) is 10.8. The number of aryl methyl sites for hydroxylation is 1. The summed E-state index contributed by atoms with van der Waals surface area (Å²) in [7, 11) is 0. The molecule has 6 heteroatoms. The van der Waals surface area contributed by atoms with Crippen LogP contribution in [-0.2, 0) is 6.61 Å². The van der Waals surface area contributed by atoms with Crippen LogP contribution in [0.3, 0.4) is 0 Å². The van der Waals surface area contributed by atoms with Gasteiger partial charge < -0.3 is 20.5 Å². The number of ether oxygens (including phenoxy) is 1. The summed E-state index contributed by atoms with van der Waals surface area (Å²) < 4.78 is 5.79. The Kier molecular flexibility index (Phi) is 7.02. The summed E-state index contributed by atoms with van der Waals surface area (Å²) in [6.07, 6.45) is 0. The summed E-state index contributed by atoms with van der Waals surface area (Å²) in [6.45, 7) is 6.23. The van der Waals surface area contributed by atoms with E-state index in [1.807, 2.05) is 36.4 Å². The molecule has 164 valence electrons. The molecule has 0 fully saturated rings. The van der Waals surface area contributed by atoms with Crippen LogP contribution in [-0.4, -0.2) is 43.0 Å². The van der Waals surface area contributed by atoms with E-state index in [4.69, 9.17) is 9.84 Å². The molecule has 5 rings (SSSR count). The minimum Gasteiger partial charge on any atom is -0.508 e. The average Bonchev–Trinajstić information content (AvgIpc) is 3.55. The highest BCUT2D eigenvalue weighted by Crippen LogP contribution is 2.15. The smallest absolute Gasteiger partial charge is 0.128 e. The van der Waals surface area contributed by atoms with E-state index >= 15 is 0 Å². The van der Waals surface area contributed by atoms with Crippen LogP contribution in [0, 0.1) is 6.92 Å². The van der Waals surface area contributed by atoms with Gasteiger partial charge in [-0.15, -0.1) is 0 Å². The summed E-state index contributed by atoms with van der Waals surface area (Å²) in [5.41, 5.74) is 4.60. The first kappa shape index (κ1) is 21.4. The quantitative estimate of drug-likeness (QED) is 0.580. The summed E-state index contributed by atoms with van der Waals surface area (Å²) in [5, 5.41) is 15.5. The van der Waals surface area contributed by atoms with Crippen LogP contribution in [0.5, 0.6) is 11.5 Å². The fourth-order valence-electron chi connectivity index (χ4n) is 3.36. The summed E-state index contributed by atoms with van der Waals surface area (Å²) in [5.74, 6) is 3.08. The van der Waals surface area contributed by atoms with Crippen molar-refractivity contribution in [2.75, 3.05) is 26.2 Å². The molecular formula is C26H28N4O2. The third-order valence-corrected chi connectivity index (χ3v) is 5.14. The van der Waals surface area contributed by atoms with Crippen molar-refractivity contribution >= 4 is 11.7 Å². The van der Waals surface area contributed by atoms with Crippen LogP contribution < -0.4 is 15.4 Å². The van der Waals surface area contributed by atoms with Gasteiger partial charge in [-0.25, -0.2) is 0 Å². The molecule has 3 aromatic rings. The monoisotopic (exact) mass is 428 g/mol. The van der Waals surface area contributed by atoms with E-state index in [2.05, 4.69) is 51.8 Å². The topological polar surface area (TPSA) is 78.2 Å². The number of aromatic hydroxyl groups is 1. The van der Waals surface area contributed by atoms with Gasteiger partial charge in [-0.1, -0.05) is 29.8 Å². The number of hydrogen-bond donors (Lipinski definition) is 3. The van der Waals surface area contributed by atoms with E-state index in [-0.39, 0.29) is 5.75 Å². The summed E-state index contributed by atoms with van der Waals surface area (Å²) in [4.78, 5) is 8.66. The van der Waals surface area contributed by atoms with Crippen molar-refractivity contribution in [3.63, 3.8) is 0 Å². The average molecular weight is 429 g/mol. The standard InChI is InChI=1S/C17H18N2O.C9H10N2O/c1-13-2-4-14(5-3-13)12-20-16-8-6-15(7-9-16)17-18-10-11-19-17;12-8-3-1-7(2-4-8)9-10-5-6-11-9/h2-9H,10-12H2,1H3,(H,18,19);1-4,12H,5-6H2,(H,10,11). The van der Waals surface area contributed by atoms with Crippen LogP contribution in [0.1, 0.15) is 22.3 Å². The van der Waals surface area contributed by atoms with E-state index in [0.29, 0.717) is 6.61 Å². The Balaban J connectivity index is 0.000000174. The maximum absolute atomic E-state index is 9.04. The minimum atomic E-state index is 0.289. The molecule has 2 heterocycles. The maximum atomic E-state index is 9.04. The molecule has 0 saturated carbocycles. The Bertz CT molecular complexity index is 1070. The number of nitrogens with one attached hydrogen (secondary N) is 2. The number of hydrogen-bond acceptors (Lipinski definition) is 6. The lowest BCUT2D eigenvalue weighted by atomic mass is 10.1. The van der Waals surface area contributed by atoms with Gasteiger partial charge in [-0.3, -0.25) is 9.98 Å². The second-order valence-electron chi connectivity index (χ2n) is 7.66. The number of phenolic OH excluding ortho intramolecular Hbond substituents is 1. The predicted octanol–water partition coefficient (Wildman–Crippen LogP) is 3.67. The molecule has 0 atom stereocenters. The van der Waals surface area contributed by atoms with Gasteiger partial charge in [0, 0.05) is 24.2 Å². The lowest BCUT2D eigenvalue weighted by molar-refractivity contribution is 0.306. The second-order valence-corrected chi connectivity index (χ2v) is 7.66. The molecule has 3 aromatic carbocycles. The lowest BCUT2D eigenvalue weighted by Gasteiger charge is -2.08. The molecule has 0 radical (unpaired) electrons. The van der Waals surface area contributed by atoms with Gasteiger partial charge in [-0.2, -0.15) is 0 Å². The molecule has 2 aliphatic rings. The van der Waals surface area contributed by atoms with Gasteiger partial charge in [-0.05, 0) is 61.0 Å². The number of benzene rings is 3. The van der Waals surface area contributed by atoms with E-state index in [1.165, 1.54) is 11.1 Å². The van der Waals surface area contributed by atoms with Gasteiger partial charge in [0.15, 0.2) is 0 Å². The van der Waals surface area contributed by atoms with Crippen LogP contribution in [0.15, 0.2) is 82.8 Å². The summed E-state index contributed by atoms with van der Waals surface area (Å²) in [6, 6.07) is 23.5. The van der Waals surface area contributed by atoms with Crippen molar-refractivity contribution in [3.8, 4) is 11.5 Å². The van der Waals surface area contributed by atoms with Crippen LogP contribution in [0.4, 0.5) is 0 Å². The second kappa shape index (κ2) is 10.5. The van der Waals surface area contributed by atoms with Crippen molar-refractivity contribution in [3.05, 3.63) is 95.1 Å². The fraction of sp³-hybridized carbons (Fsp3) is 0.231. The molecule has 0 amide bonds. The molecule has 3 N–H and O–H groups in total. The zero-order valence-corrected chi connectivity index (χ0v) is 18.2. The zero-order valence-electron chi connectivity index (χ0n) is 18.2. The molecule has 6 nitrogen and oxygen atoms in total. The lowest BCUT2D eigenvalue weighted by Crippen LogP contribution is -2.19. The third-order valence-electron chi connectivity index (χ3n) is 5.14. The Labute approximate surface area is 188 Å². The van der Waals surface area contributed by atoms with Crippen molar-refractivity contribution in [1.29, 1.82) is 0 Å². The van der Waals surface area contributed by atoms with E-state index in [9.17, 15) is 0 Å². The van der Waals surface area contributed by atoms with Gasteiger partial charge in [0.1, 0.15) is 29.8 Å². The zero-order chi connectivity index (χ0) is 22.2. The molecule has 0 saturated heterocycles. The molecule has 0 aliphatic carbocycles. The molecule has 0 unspecified atom stereocenters. The SMILES string of the molecule is Cc1ccc(COc2ccc(C3=NCCN3)cc2)cc1.Oc1ccc(C2=NCCN2)cc1. The molecular weight excluding hydrogens is 400 g/mol. The van der Waals surface area contributed by atoms with Crippen molar-refractivity contribution in [1.82, 2.24) is 10.6 Å². The van der Waals surface area contributed by atoms with Gasteiger partial charge in [0.2, 0.25) is 0 Å². The third kappa shape index (κ3) is 5.88. The van der Waals surface area contributed by atoms with Crippen molar-refractivity contribution in [2.24, 2.45) is 9.98 Å². The largest absolute Gasteiger partial charge is 0.508 e. The number of aliphatic imine (C=N–C) groups is 2. The highest BCUT2D eigenvalue weighted by molar-refractivity contribution is 6.00. The van der Waals surface area contributed by atoms with Gasteiger partial charge >= 0.3 is 0 Å². The van der Waals surface area contributed by atoms with E-state index in [0.717, 1.165) is 54.7 Å². The number of phenols is 1. The van der Waals surface area contributed by atoms with Gasteiger partial charge in [0.05, 0.1) is 13.1 Å². The predicted molar refractivity (Wildman–Crippen MR) is 129 cm³/mol. The van der Waals surface area contributed by atoms with Crippen LogP contribution in [0.25, 0.3) is 0 Å². The normalized spacial score (nSPS) is 14.4. The molecule has 0 spiro atoms. The highest BCUT2D eigenvalue weighted by atomic mass is 16.5. The Hall–Kier alpha value is -3.80. The molecule has 0 aromatic heterocycles. The Morgan fingerprint density at radius 1 is 0.750 bits per heavy atom. The van der Waals surface area contributed by atoms with Crippen molar-refractivity contribution < 1.29 is 9.84 Å². The van der Waals surface area contributed by atoms with Crippen molar-refractivity contribution in [2.45, 2.75) is 13.5 Å². The highest BCUT2D eigenvalue weighted by Gasteiger charge is 2.08. The number of amidine groups is 2. The number of rotatable bonds is 5. The number of nitrogens with zero attached hydrogens (tertiary/aromatic N) is 2. The maximum Gasteiger partial charge on any atom is 0.128 e. The van der Waals surface area contributed by atoms with E-state index in [1.54, 1.807) is 12.1 Å². The summed E-state index contributed by atoms with van der Waals surface area (Å²) >= 11 is 0. The Morgan fingerprint density at radius 3 is 1.78 bits per heavy atom. The van der Waals surface area contributed by atoms with Crippen LogP contribution in [0.2, 0.25) is 0 Å². The Morgan fingerprint density at radius 2 is 1.28 bits per heavy atom. The molecule has 0 bridgehead atoms. The van der Waals surface area contributed by atoms with Crippen LogP contribution >= 0.6 is 0 Å². The molecule has 32 heavy (non-hydrogen) atoms. The molecule has 2 aliphatic heterocycles. The van der Waals surface area contributed by atoms with Gasteiger partial charge in [0.25, 0.3) is 0 Å². The fourth-order valence-corrected chi connectivity index (χ4v) is 3.36. The van der Waals surface area contributed by atoms with E-state index < -0.39 is 0 Å². The minimum absolute atomic E-state index is 0.289.